The number of Topliss-reactive ketones (excluding diaryl/α,β-unsaturated/α-hetero) is 1. The second-order valence-corrected chi connectivity index (χ2v) is 10.7. The molecule has 0 radical (unpaired) electrons. The van der Waals surface area contributed by atoms with Crippen LogP contribution in [-0.2, 0) is 30.5 Å². The van der Waals surface area contributed by atoms with Crippen LogP contribution in [0.1, 0.15) is 44.2 Å². The molecule has 0 aliphatic rings. The van der Waals surface area contributed by atoms with E-state index in [4.69, 9.17) is 10.5 Å². The minimum absolute atomic E-state index is 0.0527. The standard InChI is InChI=1S/C23H34N4O6S.C7H8/c1-15(2)11-18(27-23(32)33-13-16-7-5-4-6-8-16)22(31)25-12-21(30)26-17(9-10-20(24)29)19(28)14-34-3;1-7-5-3-2-4-6-7/h4-8,15,17-18H,9-14H2,1-3H3,(H2,24,29)(H,25,31)(H,26,30)(H,27,32);2-6H,1H3. The number of ether oxygens (including phenoxy) is 1. The van der Waals surface area contributed by atoms with Gasteiger partial charge in [-0.2, -0.15) is 11.8 Å². The van der Waals surface area contributed by atoms with Crippen LogP contribution in [-0.4, -0.2) is 60.2 Å². The van der Waals surface area contributed by atoms with Gasteiger partial charge in [0.15, 0.2) is 5.78 Å². The third kappa shape index (κ3) is 16.8. The predicted molar refractivity (Wildman–Crippen MR) is 161 cm³/mol. The zero-order valence-corrected chi connectivity index (χ0v) is 25.0. The molecular formula is C30H42N4O6S. The normalized spacial score (nSPS) is 11.7. The quantitative estimate of drug-likeness (QED) is 0.250. The molecule has 0 aromatic heterocycles. The van der Waals surface area contributed by atoms with Crippen LogP contribution < -0.4 is 21.7 Å². The summed E-state index contributed by atoms with van der Waals surface area (Å²) < 4.78 is 5.18. The Balaban J connectivity index is 0.00000104. The summed E-state index contributed by atoms with van der Waals surface area (Å²) in [5.41, 5.74) is 7.27. The number of nitrogens with two attached hydrogens (primary N) is 1. The molecule has 224 valence electrons. The molecule has 0 spiro atoms. The summed E-state index contributed by atoms with van der Waals surface area (Å²) in [7, 11) is 0. The first kappa shape index (κ1) is 35.2. The van der Waals surface area contributed by atoms with Crippen LogP contribution in [0.25, 0.3) is 0 Å². The van der Waals surface area contributed by atoms with Gasteiger partial charge >= 0.3 is 6.09 Å². The van der Waals surface area contributed by atoms with Crippen molar-refractivity contribution >= 4 is 41.4 Å². The van der Waals surface area contributed by atoms with Crippen LogP contribution in [0.3, 0.4) is 0 Å². The summed E-state index contributed by atoms with van der Waals surface area (Å²) in [4.78, 5) is 60.4. The number of amides is 4. The molecule has 0 bridgehead atoms. The average Bonchev–Trinajstić information content (AvgIpc) is 2.93. The minimum Gasteiger partial charge on any atom is -0.445 e. The third-order valence-electron chi connectivity index (χ3n) is 5.58. The van der Waals surface area contributed by atoms with E-state index in [1.54, 1.807) is 6.26 Å². The number of carbonyl (C=O) groups excluding carboxylic acids is 5. The number of primary amides is 1. The summed E-state index contributed by atoms with van der Waals surface area (Å²) >= 11 is 1.30. The van der Waals surface area contributed by atoms with Gasteiger partial charge in [-0.1, -0.05) is 80.1 Å². The first-order valence-electron chi connectivity index (χ1n) is 13.4. The fourth-order valence-electron chi connectivity index (χ4n) is 3.52. The first-order valence-corrected chi connectivity index (χ1v) is 14.8. The highest BCUT2D eigenvalue weighted by Crippen LogP contribution is 2.07. The van der Waals surface area contributed by atoms with E-state index in [0.717, 1.165) is 5.56 Å². The van der Waals surface area contributed by atoms with Gasteiger partial charge in [-0.3, -0.25) is 19.2 Å². The van der Waals surface area contributed by atoms with Crippen molar-refractivity contribution in [3.05, 3.63) is 71.8 Å². The largest absolute Gasteiger partial charge is 0.445 e. The molecule has 0 saturated heterocycles. The van der Waals surface area contributed by atoms with Crippen molar-refractivity contribution in [1.29, 1.82) is 0 Å². The fourth-order valence-corrected chi connectivity index (χ4v) is 4.01. The van der Waals surface area contributed by atoms with Gasteiger partial charge in [0.2, 0.25) is 17.7 Å². The summed E-state index contributed by atoms with van der Waals surface area (Å²) in [5, 5.41) is 7.55. The van der Waals surface area contributed by atoms with Gasteiger partial charge < -0.3 is 26.4 Å². The number of carbonyl (C=O) groups is 5. The highest BCUT2D eigenvalue weighted by Gasteiger charge is 2.25. The van der Waals surface area contributed by atoms with Gasteiger partial charge in [-0.05, 0) is 37.5 Å². The van der Waals surface area contributed by atoms with Crippen molar-refractivity contribution < 1.29 is 28.7 Å². The van der Waals surface area contributed by atoms with Crippen LogP contribution >= 0.6 is 11.8 Å². The topological polar surface area (TPSA) is 157 Å². The van der Waals surface area contributed by atoms with Crippen LogP contribution in [0.2, 0.25) is 0 Å². The Bertz CT molecular complexity index is 1100. The Morgan fingerprint density at radius 2 is 1.51 bits per heavy atom. The molecule has 2 aromatic carbocycles. The maximum Gasteiger partial charge on any atom is 0.408 e. The third-order valence-corrected chi connectivity index (χ3v) is 6.16. The predicted octanol–water partition coefficient (Wildman–Crippen LogP) is 3.12. The van der Waals surface area contributed by atoms with E-state index >= 15 is 0 Å². The van der Waals surface area contributed by atoms with Crippen LogP contribution in [0.15, 0.2) is 60.7 Å². The number of hydrogen-bond donors (Lipinski definition) is 4. The molecule has 2 aromatic rings. The van der Waals surface area contributed by atoms with Gasteiger partial charge in [0.1, 0.15) is 12.6 Å². The molecule has 10 nitrogen and oxygen atoms in total. The van der Waals surface area contributed by atoms with Gasteiger partial charge in [0, 0.05) is 6.42 Å². The monoisotopic (exact) mass is 586 g/mol. The summed E-state index contributed by atoms with van der Waals surface area (Å²) in [6, 6.07) is 17.6. The van der Waals surface area contributed by atoms with E-state index in [1.165, 1.54) is 17.3 Å². The lowest BCUT2D eigenvalue weighted by atomic mass is 10.0. The molecule has 2 atom stereocenters. The van der Waals surface area contributed by atoms with Crippen molar-refractivity contribution in [2.24, 2.45) is 11.7 Å². The number of ketones is 1. The molecule has 2 rings (SSSR count). The van der Waals surface area contributed by atoms with E-state index < -0.39 is 42.4 Å². The lowest BCUT2D eigenvalue weighted by Gasteiger charge is -2.21. The zero-order valence-electron chi connectivity index (χ0n) is 24.2. The second kappa shape index (κ2) is 20.1. The average molecular weight is 587 g/mol. The lowest BCUT2D eigenvalue weighted by molar-refractivity contribution is -0.129. The molecule has 4 amide bonds. The number of benzene rings is 2. The Kier molecular flexibility index (Phi) is 17.2. The molecular weight excluding hydrogens is 544 g/mol. The Morgan fingerprint density at radius 3 is 2.02 bits per heavy atom. The maximum absolute atomic E-state index is 12.6. The van der Waals surface area contributed by atoms with Crippen molar-refractivity contribution in [3.63, 3.8) is 0 Å². The summed E-state index contributed by atoms with van der Waals surface area (Å²) in [6.45, 7) is 5.53. The summed E-state index contributed by atoms with van der Waals surface area (Å²) in [6.07, 6.45) is 1.37. The number of hydrogen-bond acceptors (Lipinski definition) is 7. The Morgan fingerprint density at radius 1 is 0.902 bits per heavy atom. The molecule has 5 N–H and O–H groups in total. The fraction of sp³-hybridized carbons (Fsp3) is 0.433. The van der Waals surface area contributed by atoms with E-state index in [9.17, 15) is 24.0 Å². The van der Waals surface area contributed by atoms with Crippen LogP contribution in [0, 0.1) is 12.8 Å². The molecule has 0 saturated carbocycles. The minimum atomic E-state index is -0.903. The molecule has 11 heteroatoms. The molecule has 0 fully saturated rings. The SMILES string of the molecule is CSCC(=O)C(CCC(N)=O)NC(=O)CNC(=O)C(CC(C)C)NC(=O)OCc1ccccc1.Cc1ccccc1. The Labute approximate surface area is 246 Å². The lowest BCUT2D eigenvalue weighted by Crippen LogP contribution is -2.51. The van der Waals surface area contributed by atoms with Gasteiger partial charge in [0.05, 0.1) is 18.3 Å². The zero-order chi connectivity index (χ0) is 30.6. The number of alkyl carbamates (subject to hydrolysis) is 1. The van der Waals surface area contributed by atoms with Gasteiger partial charge in [-0.15, -0.1) is 0 Å². The number of rotatable bonds is 15. The molecule has 0 heterocycles. The van der Waals surface area contributed by atoms with Gasteiger partial charge in [-0.25, -0.2) is 4.79 Å². The second-order valence-electron chi connectivity index (χ2n) is 9.79. The molecule has 2 unspecified atom stereocenters. The number of aryl methyl sites for hydroxylation is 1. The number of nitrogens with one attached hydrogen (secondary N) is 3. The van der Waals surface area contributed by atoms with E-state index in [0.29, 0.717) is 6.42 Å². The van der Waals surface area contributed by atoms with E-state index in [1.807, 2.05) is 62.4 Å². The summed E-state index contributed by atoms with van der Waals surface area (Å²) in [5.74, 6) is -1.71. The van der Waals surface area contributed by atoms with Crippen molar-refractivity contribution in [2.45, 2.75) is 58.7 Å². The number of thioether (sulfide) groups is 1. The highest BCUT2D eigenvalue weighted by molar-refractivity contribution is 7.99. The Hall–Kier alpha value is -3.86. The van der Waals surface area contributed by atoms with E-state index in [-0.39, 0.29) is 36.9 Å². The van der Waals surface area contributed by atoms with Gasteiger partial charge in [0.25, 0.3) is 0 Å². The maximum atomic E-state index is 12.6. The van der Waals surface area contributed by atoms with Crippen molar-refractivity contribution in [1.82, 2.24) is 16.0 Å². The highest BCUT2D eigenvalue weighted by atomic mass is 32.2. The van der Waals surface area contributed by atoms with Crippen LogP contribution in [0.5, 0.6) is 0 Å². The molecule has 41 heavy (non-hydrogen) atoms. The first-order chi connectivity index (χ1) is 19.5. The molecule has 0 aliphatic heterocycles. The van der Waals surface area contributed by atoms with Crippen molar-refractivity contribution in [2.75, 3.05) is 18.6 Å². The van der Waals surface area contributed by atoms with Crippen molar-refractivity contribution in [3.8, 4) is 0 Å². The smallest absolute Gasteiger partial charge is 0.408 e. The van der Waals surface area contributed by atoms with E-state index in [2.05, 4.69) is 35.0 Å². The van der Waals surface area contributed by atoms with Crippen LogP contribution in [0.4, 0.5) is 4.79 Å². The molecule has 0 aliphatic carbocycles.